The molecule has 0 radical (unpaired) electrons. The molecule has 3 rings (SSSR count). The summed E-state index contributed by atoms with van der Waals surface area (Å²) in [6, 6.07) is 24.2. The normalized spacial score (nSPS) is 11.5. The smallest absolute Gasteiger partial charge is 0.277 e. The molecule has 4 nitrogen and oxygen atoms in total. The maximum atomic E-state index is 12.0. The molecule has 0 saturated heterocycles. The van der Waals surface area contributed by atoms with Gasteiger partial charge in [0.25, 0.3) is 5.91 Å². The van der Waals surface area contributed by atoms with Gasteiger partial charge in [-0.25, -0.2) is 5.43 Å². The van der Waals surface area contributed by atoms with Crippen molar-refractivity contribution < 1.29 is 9.53 Å². The molecule has 1 amide bonds. The van der Waals surface area contributed by atoms with E-state index in [1.54, 1.807) is 6.21 Å². The van der Waals surface area contributed by atoms with Crippen molar-refractivity contribution in [2.75, 3.05) is 6.61 Å². The number of aryl methyl sites for hydroxylation is 1. The zero-order valence-electron chi connectivity index (χ0n) is 18.0. The van der Waals surface area contributed by atoms with E-state index < -0.39 is 0 Å². The molecule has 0 aliphatic carbocycles. The van der Waals surface area contributed by atoms with Crippen LogP contribution in [0.15, 0.2) is 77.9 Å². The Bertz CT molecular complexity index is 997. The maximum Gasteiger partial charge on any atom is 0.277 e. The molecule has 0 spiro atoms. The minimum absolute atomic E-state index is 0.0931. The fourth-order valence-corrected chi connectivity index (χ4v) is 2.92. The third kappa shape index (κ3) is 6.05. The Morgan fingerprint density at radius 1 is 0.900 bits per heavy atom. The summed E-state index contributed by atoms with van der Waals surface area (Å²) in [7, 11) is 0. The molecule has 0 unspecified atom stereocenters. The van der Waals surface area contributed by atoms with Gasteiger partial charge in [0.1, 0.15) is 5.75 Å². The number of benzene rings is 3. The molecule has 0 fully saturated rings. The van der Waals surface area contributed by atoms with Crippen molar-refractivity contribution in [1.82, 2.24) is 5.43 Å². The number of rotatable bonds is 6. The Kier molecular flexibility index (Phi) is 6.68. The first-order valence-corrected chi connectivity index (χ1v) is 10.0. The fourth-order valence-electron chi connectivity index (χ4n) is 2.92. The maximum absolute atomic E-state index is 12.0. The number of nitrogens with zero attached hydrogens (tertiary/aromatic N) is 1. The Morgan fingerprint density at radius 3 is 2.03 bits per heavy atom. The van der Waals surface area contributed by atoms with Crippen molar-refractivity contribution in [3.63, 3.8) is 0 Å². The van der Waals surface area contributed by atoms with Crippen LogP contribution in [0.2, 0.25) is 0 Å². The molecule has 0 aliphatic rings. The van der Waals surface area contributed by atoms with Gasteiger partial charge in [0.15, 0.2) is 6.61 Å². The zero-order valence-corrected chi connectivity index (χ0v) is 18.0. The number of hydrogen-bond donors (Lipinski definition) is 1. The first kappa shape index (κ1) is 21.3. The molecule has 4 heteroatoms. The Morgan fingerprint density at radius 2 is 1.47 bits per heavy atom. The number of amides is 1. The topological polar surface area (TPSA) is 50.7 Å². The van der Waals surface area contributed by atoms with E-state index in [0.29, 0.717) is 5.75 Å². The highest BCUT2D eigenvalue weighted by Crippen LogP contribution is 2.23. The van der Waals surface area contributed by atoms with Gasteiger partial charge in [-0.3, -0.25) is 4.79 Å². The Hall–Kier alpha value is -3.40. The molecular formula is C26H28N2O2. The third-order valence-corrected chi connectivity index (χ3v) is 4.79. The predicted octanol–water partition coefficient (Wildman–Crippen LogP) is 5.49. The number of hydrogen-bond acceptors (Lipinski definition) is 3. The first-order chi connectivity index (χ1) is 14.3. The predicted molar refractivity (Wildman–Crippen MR) is 123 cm³/mol. The SMILES string of the molecule is Cc1ccc(-c2ccc(OCC(=O)N/N=C/c3ccc(C(C)(C)C)cc3)cc2)cc1. The van der Waals surface area contributed by atoms with Crippen LogP contribution >= 0.6 is 0 Å². The molecule has 154 valence electrons. The highest BCUT2D eigenvalue weighted by molar-refractivity contribution is 5.83. The summed E-state index contributed by atoms with van der Waals surface area (Å²) in [5.41, 5.74) is 8.27. The summed E-state index contributed by atoms with van der Waals surface area (Å²) in [5, 5.41) is 4.00. The van der Waals surface area contributed by atoms with Crippen LogP contribution in [0.3, 0.4) is 0 Å². The average molecular weight is 401 g/mol. The Balaban J connectivity index is 1.47. The second kappa shape index (κ2) is 9.40. The van der Waals surface area contributed by atoms with Gasteiger partial charge in [-0.2, -0.15) is 5.10 Å². The third-order valence-electron chi connectivity index (χ3n) is 4.79. The molecule has 0 atom stereocenters. The molecule has 0 heterocycles. The lowest BCUT2D eigenvalue weighted by molar-refractivity contribution is -0.123. The van der Waals surface area contributed by atoms with Gasteiger partial charge in [-0.1, -0.05) is 87.0 Å². The minimum Gasteiger partial charge on any atom is -0.484 e. The summed E-state index contributed by atoms with van der Waals surface area (Å²) in [4.78, 5) is 12.0. The van der Waals surface area contributed by atoms with Crippen LogP contribution in [0, 0.1) is 6.92 Å². The first-order valence-electron chi connectivity index (χ1n) is 10.0. The van der Waals surface area contributed by atoms with Crippen LogP contribution < -0.4 is 10.2 Å². The van der Waals surface area contributed by atoms with Crippen molar-refractivity contribution in [1.29, 1.82) is 0 Å². The summed E-state index contributed by atoms with van der Waals surface area (Å²) in [6.07, 6.45) is 1.63. The van der Waals surface area contributed by atoms with Crippen molar-refractivity contribution in [2.24, 2.45) is 5.10 Å². The minimum atomic E-state index is -0.305. The van der Waals surface area contributed by atoms with Gasteiger partial charge >= 0.3 is 0 Å². The van der Waals surface area contributed by atoms with Gasteiger partial charge in [-0.05, 0) is 46.7 Å². The van der Waals surface area contributed by atoms with Gasteiger partial charge < -0.3 is 4.74 Å². The van der Waals surface area contributed by atoms with Crippen molar-refractivity contribution in [3.05, 3.63) is 89.5 Å². The molecule has 3 aromatic carbocycles. The zero-order chi connectivity index (χ0) is 21.6. The molecule has 1 N–H and O–H groups in total. The van der Waals surface area contributed by atoms with Gasteiger partial charge in [0, 0.05) is 0 Å². The van der Waals surface area contributed by atoms with Crippen LogP contribution in [0.25, 0.3) is 11.1 Å². The Labute approximate surface area is 178 Å². The number of hydrazone groups is 1. The van der Waals surface area contributed by atoms with E-state index in [0.717, 1.165) is 16.7 Å². The lowest BCUT2D eigenvalue weighted by Crippen LogP contribution is -2.24. The van der Waals surface area contributed by atoms with Crippen LogP contribution in [-0.2, 0) is 10.2 Å². The van der Waals surface area contributed by atoms with E-state index in [9.17, 15) is 4.79 Å². The average Bonchev–Trinajstić information content (AvgIpc) is 2.73. The van der Waals surface area contributed by atoms with Crippen LogP contribution in [-0.4, -0.2) is 18.7 Å². The summed E-state index contributed by atoms with van der Waals surface area (Å²) in [6.45, 7) is 8.49. The van der Waals surface area contributed by atoms with Crippen molar-refractivity contribution >= 4 is 12.1 Å². The van der Waals surface area contributed by atoms with E-state index in [4.69, 9.17) is 4.74 Å². The van der Waals surface area contributed by atoms with E-state index in [1.165, 1.54) is 11.1 Å². The molecule has 0 bridgehead atoms. The van der Waals surface area contributed by atoms with E-state index in [1.807, 2.05) is 36.4 Å². The molecule has 30 heavy (non-hydrogen) atoms. The van der Waals surface area contributed by atoms with E-state index in [-0.39, 0.29) is 17.9 Å². The summed E-state index contributed by atoms with van der Waals surface area (Å²) >= 11 is 0. The van der Waals surface area contributed by atoms with Crippen molar-refractivity contribution in [3.8, 4) is 16.9 Å². The molecule has 0 saturated carbocycles. The van der Waals surface area contributed by atoms with E-state index in [2.05, 4.69) is 74.6 Å². The molecule has 0 aliphatic heterocycles. The van der Waals surface area contributed by atoms with Crippen LogP contribution in [0.5, 0.6) is 5.75 Å². The number of ether oxygens (including phenoxy) is 1. The lowest BCUT2D eigenvalue weighted by atomic mass is 9.87. The second-order valence-electron chi connectivity index (χ2n) is 8.34. The standard InChI is InChI=1S/C26H28N2O2/c1-19-5-9-21(10-6-19)22-11-15-24(16-12-22)30-18-25(29)28-27-17-20-7-13-23(14-8-20)26(2,3)4/h5-17H,18H2,1-4H3,(H,28,29)/b27-17+. The number of nitrogens with one attached hydrogen (secondary N) is 1. The lowest BCUT2D eigenvalue weighted by Gasteiger charge is -2.18. The largest absolute Gasteiger partial charge is 0.484 e. The monoisotopic (exact) mass is 400 g/mol. The number of carbonyl (C=O) groups excluding carboxylic acids is 1. The summed E-state index contributed by atoms with van der Waals surface area (Å²) in [5.74, 6) is 0.336. The van der Waals surface area contributed by atoms with Crippen molar-refractivity contribution in [2.45, 2.75) is 33.1 Å². The quantitative estimate of drug-likeness (QED) is 0.439. The molecule has 0 aromatic heterocycles. The second-order valence-corrected chi connectivity index (χ2v) is 8.34. The van der Waals surface area contributed by atoms with Gasteiger partial charge in [-0.15, -0.1) is 0 Å². The molecule has 3 aromatic rings. The fraction of sp³-hybridized carbons (Fsp3) is 0.231. The van der Waals surface area contributed by atoms with Gasteiger partial charge in [0.2, 0.25) is 0 Å². The van der Waals surface area contributed by atoms with Gasteiger partial charge in [0.05, 0.1) is 6.21 Å². The number of carbonyl (C=O) groups is 1. The highest BCUT2D eigenvalue weighted by Gasteiger charge is 2.12. The highest BCUT2D eigenvalue weighted by atomic mass is 16.5. The van der Waals surface area contributed by atoms with Crippen LogP contribution in [0.4, 0.5) is 0 Å². The van der Waals surface area contributed by atoms with E-state index >= 15 is 0 Å². The summed E-state index contributed by atoms with van der Waals surface area (Å²) < 4.78 is 5.55. The van der Waals surface area contributed by atoms with Crippen LogP contribution in [0.1, 0.15) is 37.5 Å². The molecular weight excluding hydrogens is 372 g/mol.